The topological polar surface area (TPSA) is 72.0 Å². The van der Waals surface area contributed by atoms with Gasteiger partial charge in [-0.3, -0.25) is 4.72 Å². The molecule has 0 saturated heterocycles. The predicted molar refractivity (Wildman–Crippen MR) is 66.9 cm³/mol. The fourth-order valence-electron chi connectivity index (χ4n) is 1.13. The van der Waals surface area contributed by atoms with Crippen LogP contribution in [0.3, 0.4) is 0 Å². The smallest absolute Gasteiger partial charge is 0.255 e. The molecule has 0 amide bonds. The zero-order valence-corrected chi connectivity index (χ0v) is 11.1. The quantitative estimate of drug-likeness (QED) is 0.880. The van der Waals surface area contributed by atoms with Crippen molar-refractivity contribution in [1.82, 2.24) is 9.97 Å². The van der Waals surface area contributed by atoms with Gasteiger partial charge in [0.2, 0.25) is 0 Å². The van der Waals surface area contributed by atoms with Gasteiger partial charge in [-0.2, -0.15) is 0 Å². The summed E-state index contributed by atoms with van der Waals surface area (Å²) in [4.78, 5) is 7.81. The lowest BCUT2D eigenvalue weighted by molar-refractivity contribution is 0.601. The molecule has 90 valence electrons. The molecular formula is C9H8ClN3O2S2. The van der Waals surface area contributed by atoms with Crippen molar-refractivity contribution < 1.29 is 8.42 Å². The lowest BCUT2D eigenvalue weighted by Crippen LogP contribution is -2.12. The number of thiazole rings is 1. The first-order valence-electron chi connectivity index (χ1n) is 4.54. The van der Waals surface area contributed by atoms with Gasteiger partial charge in [0.05, 0.1) is 10.6 Å². The van der Waals surface area contributed by atoms with Crippen LogP contribution in [0.25, 0.3) is 0 Å². The van der Waals surface area contributed by atoms with E-state index < -0.39 is 10.0 Å². The zero-order chi connectivity index (χ0) is 12.5. The zero-order valence-electron chi connectivity index (χ0n) is 8.71. The third-order valence-electron chi connectivity index (χ3n) is 1.85. The van der Waals surface area contributed by atoms with Crippen molar-refractivity contribution in [2.24, 2.45) is 0 Å². The second-order valence-electron chi connectivity index (χ2n) is 3.21. The Kier molecular flexibility index (Phi) is 3.32. The summed E-state index contributed by atoms with van der Waals surface area (Å²) in [5.74, 6) is 0. The molecule has 0 spiro atoms. The summed E-state index contributed by atoms with van der Waals surface area (Å²) >= 11 is 6.87. The number of nitrogens with zero attached hydrogens (tertiary/aromatic N) is 2. The summed E-state index contributed by atoms with van der Waals surface area (Å²) in [6.07, 6.45) is 1.34. The molecule has 2 heterocycles. The van der Waals surface area contributed by atoms with Gasteiger partial charge >= 0.3 is 0 Å². The second kappa shape index (κ2) is 4.59. The first-order chi connectivity index (χ1) is 7.97. The minimum Gasteiger partial charge on any atom is -0.255 e. The molecule has 0 fully saturated rings. The van der Waals surface area contributed by atoms with Crippen molar-refractivity contribution in [3.63, 3.8) is 0 Å². The number of aromatic nitrogens is 2. The molecule has 2 aromatic rings. The van der Waals surface area contributed by atoms with Gasteiger partial charge in [0, 0.05) is 11.6 Å². The number of hydrogen-bond donors (Lipinski definition) is 1. The third kappa shape index (κ3) is 2.93. The fraction of sp³-hybridized carbons (Fsp3) is 0.111. The van der Waals surface area contributed by atoms with Crippen LogP contribution in [0.4, 0.5) is 5.13 Å². The molecule has 1 N–H and O–H groups in total. The van der Waals surface area contributed by atoms with E-state index in [0.717, 1.165) is 5.69 Å². The monoisotopic (exact) mass is 289 g/mol. The van der Waals surface area contributed by atoms with E-state index in [4.69, 9.17) is 11.6 Å². The van der Waals surface area contributed by atoms with Crippen molar-refractivity contribution in [2.75, 3.05) is 4.72 Å². The van der Waals surface area contributed by atoms with Crippen LogP contribution in [0.15, 0.2) is 28.6 Å². The van der Waals surface area contributed by atoms with Crippen LogP contribution in [0.5, 0.6) is 0 Å². The van der Waals surface area contributed by atoms with Gasteiger partial charge < -0.3 is 0 Å². The van der Waals surface area contributed by atoms with Crippen LogP contribution >= 0.6 is 22.9 Å². The fourth-order valence-corrected chi connectivity index (χ4v) is 3.32. The predicted octanol–water partition coefficient (Wildman–Crippen LogP) is 2.30. The molecule has 0 unspecified atom stereocenters. The number of nitrogens with one attached hydrogen (secondary N) is 1. The van der Waals surface area contributed by atoms with Crippen LogP contribution in [0.2, 0.25) is 5.15 Å². The number of sulfonamides is 1. The van der Waals surface area contributed by atoms with E-state index >= 15 is 0 Å². The molecule has 0 radical (unpaired) electrons. The third-order valence-corrected chi connectivity index (χ3v) is 4.40. The maximum absolute atomic E-state index is 11.9. The number of aryl methyl sites for hydroxylation is 1. The van der Waals surface area contributed by atoms with Crippen LogP contribution in [0, 0.1) is 6.92 Å². The molecule has 17 heavy (non-hydrogen) atoms. The normalized spacial score (nSPS) is 11.4. The molecule has 5 nitrogen and oxygen atoms in total. The summed E-state index contributed by atoms with van der Waals surface area (Å²) in [5.41, 5.74) is 0.764. The van der Waals surface area contributed by atoms with Crippen LogP contribution in [-0.2, 0) is 10.0 Å². The second-order valence-corrected chi connectivity index (χ2v) is 6.14. The summed E-state index contributed by atoms with van der Waals surface area (Å²) in [7, 11) is -3.65. The SMILES string of the molecule is Cc1csc(NS(=O)(=O)c2ccnc(Cl)c2)n1. The number of rotatable bonds is 3. The van der Waals surface area contributed by atoms with Crippen LogP contribution in [-0.4, -0.2) is 18.4 Å². The van der Waals surface area contributed by atoms with Crippen molar-refractivity contribution >= 4 is 38.1 Å². The molecule has 2 rings (SSSR count). The Balaban J connectivity index is 2.31. The summed E-state index contributed by atoms with van der Waals surface area (Å²) in [6, 6.07) is 2.65. The average molecular weight is 290 g/mol. The van der Waals surface area contributed by atoms with E-state index in [1.54, 1.807) is 12.3 Å². The van der Waals surface area contributed by atoms with Crippen molar-refractivity contribution in [3.8, 4) is 0 Å². The van der Waals surface area contributed by atoms with Gasteiger partial charge in [0.25, 0.3) is 10.0 Å². The highest BCUT2D eigenvalue weighted by Gasteiger charge is 2.16. The number of halogens is 1. The van der Waals surface area contributed by atoms with Gasteiger partial charge in [0.15, 0.2) is 5.13 Å². The molecule has 0 atom stereocenters. The molecular weight excluding hydrogens is 282 g/mol. The van der Waals surface area contributed by atoms with Crippen molar-refractivity contribution in [1.29, 1.82) is 0 Å². The Morgan fingerprint density at radius 3 is 2.82 bits per heavy atom. The number of hydrogen-bond acceptors (Lipinski definition) is 5. The number of pyridine rings is 1. The van der Waals surface area contributed by atoms with E-state index in [-0.39, 0.29) is 10.0 Å². The summed E-state index contributed by atoms with van der Waals surface area (Å²) in [5, 5.41) is 2.22. The van der Waals surface area contributed by atoms with E-state index in [1.165, 1.54) is 29.7 Å². The maximum Gasteiger partial charge on any atom is 0.263 e. The first-order valence-corrected chi connectivity index (χ1v) is 7.28. The Morgan fingerprint density at radius 1 is 1.47 bits per heavy atom. The molecule has 0 saturated carbocycles. The van der Waals surface area contributed by atoms with Gasteiger partial charge in [0.1, 0.15) is 5.15 Å². The van der Waals surface area contributed by atoms with Crippen molar-refractivity contribution in [2.45, 2.75) is 11.8 Å². The lowest BCUT2D eigenvalue weighted by Gasteiger charge is -2.04. The first kappa shape index (κ1) is 12.3. The van der Waals surface area contributed by atoms with Crippen LogP contribution < -0.4 is 4.72 Å². The average Bonchev–Trinajstić information content (AvgIpc) is 2.63. The van der Waals surface area contributed by atoms with Crippen LogP contribution in [0.1, 0.15) is 5.69 Å². The maximum atomic E-state index is 11.9. The van der Waals surface area contributed by atoms with Gasteiger partial charge in [-0.25, -0.2) is 18.4 Å². The molecule has 0 aliphatic carbocycles. The molecule has 2 aromatic heterocycles. The van der Waals surface area contributed by atoms with E-state index in [2.05, 4.69) is 14.7 Å². The Bertz CT molecular complexity index is 639. The highest BCUT2D eigenvalue weighted by molar-refractivity contribution is 7.93. The van der Waals surface area contributed by atoms with E-state index in [1.807, 2.05) is 0 Å². The van der Waals surface area contributed by atoms with E-state index in [9.17, 15) is 8.42 Å². The minimum absolute atomic E-state index is 0.0605. The van der Waals surface area contributed by atoms with E-state index in [0.29, 0.717) is 5.13 Å². The lowest BCUT2D eigenvalue weighted by atomic mass is 10.5. The highest BCUT2D eigenvalue weighted by atomic mass is 35.5. The minimum atomic E-state index is -3.65. The standard InChI is InChI=1S/C9H8ClN3O2S2/c1-6-5-16-9(12-6)13-17(14,15)7-2-3-11-8(10)4-7/h2-5H,1H3,(H,12,13). The Labute approximate surface area is 108 Å². The summed E-state index contributed by atoms with van der Waals surface area (Å²) in [6.45, 7) is 1.79. The molecule has 0 bridgehead atoms. The largest absolute Gasteiger partial charge is 0.263 e. The number of anilines is 1. The highest BCUT2D eigenvalue weighted by Crippen LogP contribution is 2.20. The van der Waals surface area contributed by atoms with Gasteiger partial charge in [-0.05, 0) is 19.1 Å². The molecule has 0 aliphatic heterocycles. The molecule has 8 heteroatoms. The molecule has 0 aromatic carbocycles. The van der Waals surface area contributed by atoms with Gasteiger partial charge in [-0.15, -0.1) is 11.3 Å². The Hall–Kier alpha value is -1.18. The summed E-state index contributed by atoms with van der Waals surface area (Å²) < 4.78 is 26.2. The van der Waals surface area contributed by atoms with Crippen molar-refractivity contribution in [3.05, 3.63) is 34.6 Å². The van der Waals surface area contributed by atoms with Gasteiger partial charge in [-0.1, -0.05) is 11.6 Å². The molecule has 0 aliphatic rings. The Morgan fingerprint density at radius 2 is 2.24 bits per heavy atom.